The van der Waals surface area contributed by atoms with Crippen LogP contribution in [0.1, 0.15) is 47.0 Å². The Balaban J connectivity index is 5.92. The van der Waals surface area contributed by atoms with Crippen LogP contribution in [0.5, 0.6) is 0 Å². The highest BCUT2D eigenvalue weighted by Crippen LogP contribution is 2.10. The minimum Gasteiger partial charge on any atom is -0.481 e. The van der Waals surface area contributed by atoms with Crippen LogP contribution in [0.4, 0.5) is 0 Å². The number of aliphatic carboxylic acids is 2. The predicted molar refractivity (Wildman–Crippen MR) is 151 cm³/mol. The van der Waals surface area contributed by atoms with E-state index >= 15 is 0 Å². The molecule has 20 nitrogen and oxygen atoms in total. The van der Waals surface area contributed by atoms with E-state index < -0.39 is 121 Å². The van der Waals surface area contributed by atoms with Gasteiger partial charge in [0.25, 0.3) is 0 Å². The Morgan fingerprint density at radius 2 is 1.11 bits per heavy atom. The van der Waals surface area contributed by atoms with Crippen LogP contribution in [0.2, 0.25) is 0 Å². The van der Waals surface area contributed by atoms with E-state index in [2.05, 4.69) is 16.0 Å². The molecule has 0 aliphatic carbocycles. The van der Waals surface area contributed by atoms with E-state index in [1.165, 1.54) is 6.92 Å². The van der Waals surface area contributed by atoms with Gasteiger partial charge in [-0.15, -0.1) is 0 Å². The zero-order valence-corrected chi connectivity index (χ0v) is 25.2. The van der Waals surface area contributed by atoms with E-state index in [-0.39, 0.29) is 0 Å². The standard InChI is InChI=1S/C25H43N7O13/c1-5-9(2)18(31-22(41)17(27)10(3)34)23(42)32-19(11(4)35)24(43)28-12(6-15(26)36)20(39)30-14(8-33)21(40)29-13(25(44)45)7-16(37)38/h9-14,17-19,33-35H,5-8,27H2,1-4H3,(H2,26,36)(H,28,43)(H,29,40)(H,30,39)(H,31,41)(H,32,42)(H,37,38)(H,44,45)/t9-,10+,11+,12-,13-,14-,17-,18-,19-/m0/s1. The van der Waals surface area contributed by atoms with Crippen LogP contribution in [-0.2, 0) is 38.4 Å². The summed E-state index contributed by atoms with van der Waals surface area (Å²) >= 11 is 0. The van der Waals surface area contributed by atoms with Gasteiger partial charge in [0, 0.05) is 0 Å². The topological polar surface area (TPSA) is 350 Å². The van der Waals surface area contributed by atoms with Crippen molar-refractivity contribution >= 4 is 47.4 Å². The minimum absolute atomic E-state index is 0.359. The second kappa shape index (κ2) is 19.1. The van der Waals surface area contributed by atoms with Crippen LogP contribution in [0.3, 0.4) is 0 Å². The summed E-state index contributed by atoms with van der Waals surface area (Å²) in [7, 11) is 0. The van der Waals surface area contributed by atoms with E-state index in [1.807, 2.05) is 10.6 Å². The molecule has 0 aliphatic heterocycles. The highest BCUT2D eigenvalue weighted by atomic mass is 16.4. The number of nitrogens with one attached hydrogen (secondary N) is 5. The van der Waals surface area contributed by atoms with Crippen molar-refractivity contribution in [2.75, 3.05) is 6.61 Å². The largest absolute Gasteiger partial charge is 0.481 e. The molecule has 0 aliphatic rings. The SMILES string of the molecule is CC[C@H](C)[C@H](NC(=O)[C@@H](N)[C@@H](C)O)C(=O)N[C@H](C(=O)N[C@@H](CC(N)=O)C(=O)N[C@@H](CO)C(=O)N[C@@H](CC(=O)O)C(=O)O)[C@@H](C)O. The molecule has 0 spiro atoms. The van der Waals surface area contributed by atoms with Crippen molar-refractivity contribution in [1.82, 2.24) is 26.6 Å². The van der Waals surface area contributed by atoms with Crippen LogP contribution < -0.4 is 38.1 Å². The Hall–Kier alpha value is -4.40. The molecule has 0 rings (SSSR count). The van der Waals surface area contributed by atoms with Gasteiger partial charge in [0.15, 0.2) is 0 Å². The number of amides is 6. The van der Waals surface area contributed by atoms with Crippen molar-refractivity contribution < 1.29 is 63.9 Å². The summed E-state index contributed by atoms with van der Waals surface area (Å²) in [6.07, 6.45) is -4.42. The summed E-state index contributed by atoms with van der Waals surface area (Å²) in [5.41, 5.74) is 10.8. The van der Waals surface area contributed by atoms with Crippen molar-refractivity contribution in [3.8, 4) is 0 Å². The van der Waals surface area contributed by atoms with Gasteiger partial charge in [-0.1, -0.05) is 20.3 Å². The molecule has 256 valence electrons. The average Bonchev–Trinajstić information content (AvgIpc) is 2.94. The Bertz CT molecular complexity index is 1100. The van der Waals surface area contributed by atoms with Crippen LogP contribution in [0, 0.1) is 5.92 Å². The first-order valence-electron chi connectivity index (χ1n) is 13.7. The van der Waals surface area contributed by atoms with Crippen LogP contribution in [-0.4, -0.2) is 128 Å². The minimum atomic E-state index is -1.93. The summed E-state index contributed by atoms with van der Waals surface area (Å²) in [5, 5.41) is 57.9. The second-order valence-corrected chi connectivity index (χ2v) is 10.3. The van der Waals surface area contributed by atoms with Crippen LogP contribution in [0.25, 0.3) is 0 Å². The van der Waals surface area contributed by atoms with Gasteiger partial charge in [-0.2, -0.15) is 0 Å². The van der Waals surface area contributed by atoms with Gasteiger partial charge >= 0.3 is 11.9 Å². The van der Waals surface area contributed by atoms with E-state index in [0.29, 0.717) is 6.42 Å². The fraction of sp³-hybridized carbons (Fsp3) is 0.680. The molecule has 0 radical (unpaired) electrons. The maximum absolute atomic E-state index is 13.1. The average molecular weight is 650 g/mol. The number of hydrogen-bond acceptors (Lipinski definition) is 12. The van der Waals surface area contributed by atoms with Gasteiger partial charge in [0.2, 0.25) is 35.4 Å². The number of aliphatic hydroxyl groups is 3. The van der Waals surface area contributed by atoms with Crippen molar-refractivity contribution in [2.45, 2.75) is 95.4 Å². The molecule has 20 heteroatoms. The Kier molecular flexibility index (Phi) is 17.2. The number of nitrogens with two attached hydrogens (primary N) is 2. The number of primary amides is 1. The molecule has 0 bridgehead atoms. The first-order valence-corrected chi connectivity index (χ1v) is 13.7. The molecule has 0 saturated heterocycles. The van der Waals surface area contributed by atoms with Gasteiger partial charge in [0.1, 0.15) is 36.3 Å². The summed E-state index contributed by atoms with van der Waals surface area (Å²) in [4.78, 5) is 97.7. The van der Waals surface area contributed by atoms with E-state index in [0.717, 1.165) is 6.92 Å². The molecule has 0 aromatic carbocycles. The maximum atomic E-state index is 13.1. The van der Waals surface area contributed by atoms with Gasteiger partial charge < -0.3 is 63.6 Å². The number of carboxylic acids is 2. The Morgan fingerprint density at radius 3 is 1.53 bits per heavy atom. The molecule has 0 aromatic rings. The predicted octanol–water partition coefficient (Wildman–Crippen LogP) is -6.03. The smallest absolute Gasteiger partial charge is 0.326 e. The fourth-order valence-corrected chi connectivity index (χ4v) is 3.60. The third-order valence-electron chi connectivity index (χ3n) is 6.53. The summed E-state index contributed by atoms with van der Waals surface area (Å²) < 4.78 is 0. The van der Waals surface area contributed by atoms with E-state index in [9.17, 15) is 53.7 Å². The van der Waals surface area contributed by atoms with Crippen molar-refractivity contribution in [3.63, 3.8) is 0 Å². The molecule has 0 aromatic heterocycles. The van der Waals surface area contributed by atoms with Crippen molar-refractivity contribution in [2.24, 2.45) is 17.4 Å². The summed E-state index contributed by atoms with van der Waals surface area (Å²) in [6, 6.07) is -10.1. The summed E-state index contributed by atoms with van der Waals surface area (Å²) in [5.74, 6) is -10.6. The van der Waals surface area contributed by atoms with E-state index in [1.54, 1.807) is 13.8 Å². The molecule has 45 heavy (non-hydrogen) atoms. The number of aliphatic hydroxyl groups excluding tert-OH is 3. The van der Waals surface area contributed by atoms with Crippen molar-refractivity contribution in [3.05, 3.63) is 0 Å². The van der Waals surface area contributed by atoms with Gasteiger partial charge in [-0.3, -0.25) is 33.6 Å². The number of carboxylic acid groups (broad SMARTS) is 2. The maximum Gasteiger partial charge on any atom is 0.326 e. The monoisotopic (exact) mass is 649 g/mol. The zero-order valence-electron chi connectivity index (χ0n) is 25.2. The molecule has 0 saturated carbocycles. The fourth-order valence-electron chi connectivity index (χ4n) is 3.60. The van der Waals surface area contributed by atoms with E-state index in [4.69, 9.17) is 21.7 Å². The van der Waals surface area contributed by atoms with Crippen LogP contribution >= 0.6 is 0 Å². The molecule has 0 fully saturated rings. The highest BCUT2D eigenvalue weighted by Gasteiger charge is 2.36. The Morgan fingerprint density at radius 1 is 0.644 bits per heavy atom. The number of carbonyl (C=O) groups is 8. The third-order valence-corrected chi connectivity index (χ3v) is 6.53. The lowest BCUT2D eigenvalue weighted by atomic mass is 9.97. The van der Waals surface area contributed by atoms with Gasteiger partial charge in [-0.05, 0) is 19.8 Å². The molecule has 9 atom stereocenters. The molecule has 0 heterocycles. The normalized spacial score (nSPS) is 17.0. The van der Waals surface area contributed by atoms with Crippen molar-refractivity contribution in [1.29, 1.82) is 0 Å². The second-order valence-electron chi connectivity index (χ2n) is 10.3. The summed E-state index contributed by atoms with van der Waals surface area (Å²) in [6.45, 7) is 4.54. The third kappa shape index (κ3) is 13.8. The number of rotatable bonds is 20. The highest BCUT2D eigenvalue weighted by molar-refractivity contribution is 5.98. The molecule has 6 amide bonds. The number of carbonyl (C=O) groups excluding carboxylic acids is 6. The molecule has 0 unspecified atom stereocenters. The lowest BCUT2D eigenvalue weighted by Gasteiger charge is -2.29. The lowest BCUT2D eigenvalue weighted by Crippen LogP contribution is -2.63. The lowest BCUT2D eigenvalue weighted by molar-refractivity contribution is -0.147. The van der Waals surface area contributed by atoms with Crippen LogP contribution in [0.15, 0.2) is 0 Å². The Labute approximate surface area is 257 Å². The zero-order chi connectivity index (χ0) is 35.2. The van der Waals surface area contributed by atoms with Gasteiger partial charge in [-0.25, -0.2) is 4.79 Å². The van der Waals surface area contributed by atoms with Gasteiger partial charge in [0.05, 0.1) is 31.7 Å². The molecular weight excluding hydrogens is 606 g/mol. The molecule has 14 N–H and O–H groups in total. The first-order chi connectivity index (χ1) is 20.8. The first kappa shape index (κ1) is 40.6. The number of hydrogen-bond donors (Lipinski definition) is 12. The molecular formula is C25H43N7O13. The quantitative estimate of drug-likeness (QED) is 0.0584.